The van der Waals surface area contributed by atoms with Gasteiger partial charge in [-0.15, -0.1) is 0 Å². The molecule has 19 heavy (non-hydrogen) atoms. The Morgan fingerprint density at radius 2 is 2.11 bits per heavy atom. The molecule has 1 N–H and O–H groups in total. The van der Waals surface area contributed by atoms with Gasteiger partial charge >= 0.3 is 0 Å². The van der Waals surface area contributed by atoms with E-state index in [1.807, 2.05) is 13.0 Å². The van der Waals surface area contributed by atoms with Crippen molar-refractivity contribution in [3.05, 3.63) is 28.8 Å². The van der Waals surface area contributed by atoms with Gasteiger partial charge in [0.05, 0.1) is 12.9 Å². The summed E-state index contributed by atoms with van der Waals surface area (Å²) < 4.78 is 27.9. The van der Waals surface area contributed by atoms with Gasteiger partial charge in [0.1, 0.15) is 15.6 Å². The van der Waals surface area contributed by atoms with E-state index in [1.165, 1.54) is 6.26 Å². The van der Waals surface area contributed by atoms with Gasteiger partial charge in [-0.05, 0) is 25.1 Å². The summed E-state index contributed by atoms with van der Waals surface area (Å²) in [5.41, 5.74) is 0.928. The first kappa shape index (κ1) is 16.3. The van der Waals surface area contributed by atoms with Crippen molar-refractivity contribution in [1.82, 2.24) is 5.32 Å². The summed E-state index contributed by atoms with van der Waals surface area (Å²) in [5, 5.41) is 3.87. The van der Waals surface area contributed by atoms with E-state index in [-0.39, 0.29) is 11.8 Å². The van der Waals surface area contributed by atoms with Gasteiger partial charge in [-0.25, -0.2) is 8.42 Å². The van der Waals surface area contributed by atoms with Crippen LogP contribution in [0, 0.1) is 0 Å². The molecular weight excluding hydrogens is 286 g/mol. The molecule has 0 amide bonds. The molecule has 1 atom stereocenters. The van der Waals surface area contributed by atoms with Crippen LogP contribution in [0.1, 0.15) is 24.9 Å². The molecule has 0 bridgehead atoms. The number of methoxy groups -OCH3 is 1. The highest BCUT2D eigenvalue weighted by Gasteiger charge is 2.17. The number of ether oxygens (including phenoxy) is 1. The fraction of sp³-hybridized carbons (Fsp3) is 0.538. The Bertz CT molecular complexity index is 517. The number of nitrogens with one attached hydrogen (secondary N) is 1. The van der Waals surface area contributed by atoms with Gasteiger partial charge in [-0.2, -0.15) is 0 Å². The van der Waals surface area contributed by atoms with E-state index in [1.54, 1.807) is 19.2 Å². The van der Waals surface area contributed by atoms with Gasteiger partial charge in [0, 0.05) is 22.9 Å². The molecule has 6 heteroatoms. The Morgan fingerprint density at radius 3 is 2.63 bits per heavy atom. The summed E-state index contributed by atoms with van der Waals surface area (Å²) in [4.78, 5) is 0. The highest BCUT2D eigenvalue weighted by atomic mass is 35.5. The Morgan fingerprint density at radius 1 is 1.42 bits per heavy atom. The van der Waals surface area contributed by atoms with Crippen molar-refractivity contribution in [3.63, 3.8) is 0 Å². The highest BCUT2D eigenvalue weighted by Crippen LogP contribution is 2.30. The van der Waals surface area contributed by atoms with E-state index >= 15 is 0 Å². The molecule has 1 aromatic carbocycles. The maximum absolute atomic E-state index is 11.3. The fourth-order valence-corrected chi connectivity index (χ4v) is 2.74. The average molecular weight is 306 g/mol. The monoisotopic (exact) mass is 305 g/mol. The van der Waals surface area contributed by atoms with E-state index in [4.69, 9.17) is 16.3 Å². The highest BCUT2D eigenvalue weighted by molar-refractivity contribution is 7.90. The first-order valence-electron chi connectivity index (χ1n) is 6.12. The minimum Gasteiger partial charge on any atom is -0.496 e. The van der Waals surface area contributed by atoms with E-state index in [0.29, 0.717) is 17.2 Å². The van der Waals surface area contributed by atoms with Gasteiger partial charge in [-0.3, -0.25) is 0 Å². The van der Waals surface area contributed by atoms with Crippen LogP contribution >= 0.6 is 11.6 Å². The molecule has 108 valence electrons. The maximum atomic E-state index is 11.3. The number of hydrogen-bond donors (Lipinski definition) is 1. The quantitative estimate of drug-likeness (QED) is 0.840. The Kier molecular flexibility index (Phi) is 6.10. The van der Waals surface area contributed by atoms with Crippen molar-refractivity contribution >= 4 is 21.4 Å². The second-order valence-electron chi connectivity index (χ2n) is 4.42. The van der Waals surface area contributed by atoms with Crippen molar-refractivity contribution in [2.75, 3.05) is 25.7 Å². The van der Waals surface area contributed by atoms with Gasteiger partial charge < -0.3 is 10.1 Å². The molecule has 0 aliphatic carbocycles. The SMILES string of the molecule is CCNC(CCS(C)(=O)=O)c1ccc(Cl)cc1OC. The van der Waals surface area contributed by atoms with Crippen molar-refractivity contribution in [2.45, 2.75) is 19.4 Å². The summed E-state index contributed by atoms with van der Waals surface area (Å²) in [7, 11) is -1.40. The van der Waals surface area contributed by atoms with Crippen LogP contribution in [-0.4, -0.2) is 34.1 Å². The number of hydrogen-bond acceptors (Lipinski definition) is 4. The van der Waals surface area contributed by atoms with Gasteiger partial charge in [0.2, 0.25) is 0 Å². The molecule has 0 spiro atoms. The second-order valence-corrected chi connectivity index (χ2v) is 7.11. The zero-order valence-electron chi connectivity index (χ0n) is 11.4. The molecule has 0 fully saturated rings. The van der Waals surface area contributed by atoms with Gasteiger partial charge in [0.15, 0.2) is 0 Å². The van der Waals surface area contributed by atoms with Crippen LogP contribution in [-0.2, 0) is 9.84 Å². The number of benzene rings is 1. The molecule has 1 rings (SSSR count). The second kappa shape index (κ2) is 7.12. The lowest BCUT2D eigenvalue weighted by Crippen LogP contribution is -2.24. The molecule has 0 saturated carbocycles. The zero-order valence-corrected chi connectivity index (χ0v) is 13.0. The molecule has 1 aromatic rings. The smallest absolute Gasteiger partial charge is 0.147 e. The van der Waals surface area contributed by atoms with Crippen LogP contribution in [0.5, 0.6) is 5.75 Å². The Labute approximate surface area is 120 Å². The molecule has 0 aliphatic heterocycles. The van der Waals surface area contributed by atoms with Crippen molar-refractivity contribution in [1.29, 1.82) is 0 Å². The first-order valence-corrected chi connectivity index (χ1v) is 8.55. The zero-order chi connectivity index (χ0) is 14.5. The standard InChI is InChI=1S/C13H20ClNO3S/c1-4-15-12(7-8-19(3,16)17)11-6-5-10(14)9-13(11)18-2/h5-6,9,12,15H,4,7-8H2,1-3H3. The molecule has 0 radical (unpaired) electrons. The summed E-state index contributed by atoms with van der Waals surface area (Å²) in [5.74, 6) is 0.808. The average Bonchev–Trinajstić information content (AvgIpc) is 2.33. The van der Waals surface area contributed by atoms with Crippen LogP contribution in [0.4, 0.5) is 0 Å². The minimum absolute atomic E-state index is 0.0630. The molecule has 4 nitrogen and oxygen atoms in total. The molecule has 0 aromatic heterocycles. The van der Waals surface area contributed by atoms with E-state index in [9.17, 15) is 8.42 Å². The third kappa shape index (κ3) is 5.38. The molecule has 0 heterocycles. The van der Waals surface area contributed by atoms with Gasteiger partial charge in [0.25, 0.3) is 0 Å². The third-order valence-electron chi connectivity index (χ3n) is 2.80. The Hall–Kier alpha value is -0.780. The minimum atomic E-state index is -2.98. The maximum Gasteiger partial charge on any atom is 0.147 e. The number of halogens is 1. The lowest BCUT2D eigenvalue weighted by Gasteiger charge is -2.20. The lowest BCUT2D eigenvalue weighted by atomic mass is 10.0. The fourth-order valence-electron chi connectivity index (χ4n) is 1.92. The first-order chi connectivity index (χ1) is 8.87. The third-order valence-corrected chi connectivity index (χ3v) is 4.01. The van der Waals surface area contributed by atoms with Crippen LogP contribution < -0.4 is 10.1 Å². The number of sulfone groups is 1. The molecule has 0 saturated heterocycles. The van der Waals surface area contributed by atoms with Crippen LogP contribution in [0.15, 0.2) is 18.2 Å². The van der Waals surface area contributed by atoms with Crippen LogP contribution in [0.3, 0.4) is 0 Å². The van der Waals surface area contributed by atoms with E-state index in [2.05, 4.69) is 5.32 Å². The lowest BCUT2D eigenvalue weighted by molar-refractivity contribution is 0.398. The number of rotatable bonds is 7. The summed E-state index contributed by atoms with van der Waals surface area (Å²) in [6.45, 7) is 2.73. The topological polar surface area (TPSA) is 55.4 Å². The summed E-state index contributed by atoms with van der Waals surface area (Å²) >= 11 is 5.93. The predicted octanol–water partition coefficient (Wildman–Crippen LogP) is 2.43. The Balaban J connectivity index is 2.98. The van der Waals surface area contributed by atoms with Crippen molar-refractivity contribution < 1.29 is 13.2 Å². The van der Waals surface area contributed by atoms with E-state index < -0.39 is 9.84 Å². The van der Waals surface area contributed by atoms with Crippen molar-refractivity contribution in [2.24, 2.45) is 0 Å². The largest absolute Gasteiger partial charge is 0.496 e. The normalized spacial score (nSPS) is 13.3. The predicted molar refractivity (Wildman–Crippen MR) is 78.7 cm³/mol. The molecule has 1 unspecified atom stereocenters. The van der Waals surface area contributed by atoms with Crippen LogP contribution in [0.25, 0.3) is 0 Å². The van der Waals surface area contributed by atoms with E-state index in [0.717, 1.165) is 12.1 Å². The molecule has 0 aliphatic rings. The summed E-state index contributed by atoms with van der Waals surface area (Å²) in [6.07, 6.45) is 1.75. The van der Waals surface area contributed by atoms with Crippen molar-refractivity contribution in [3.8, 4) is 5.75 Å². The van der Waals surface area contributed by atoms with Gasteiger partial charge in [-0.1, -0.05) is 24.6 Å². The molecular formula is C13H20ClNO3S. The summed E-state index contributed by atoms with van der Waals surface area (Å²) in [6, 6.07) is 5.33. The van der Waals surface area contributed by atoms with Crippen LogP contribution in [0.2, 0.25) is 5.02 Å².